The van der Waals surface area contributed by atoms with E-state index >= 15 is 0 Å². The van der Waals surface area contributed by atoms with E-state index in [1.807, 2.05) is 40.8 Å². The molecule has 0 aliphatic carbocycles. The Morgan fingerprint density at radius 1 is 0.958 bits per heavy atom. The summed E-state index contributed by atoms with van der Waals surface area (Å²) in [6.07, 6.45) is 3.30. The van der Waals surface area contributed by atoms with Gasteiger partial charge in [-0.1, -0.05) is 18.2 Å². The van der Waals surface area contributed by atoms with Crippen molar-refractivity contribution in [3.8, 4) is 0 Å². The number of nitrogens with zero attached hydrogens (tertiary/aromatic N) is 3. The lowest BCUT2D eigenvalue weighted by Crippen LogP contribution is -2.36. The minimum absolute atomic E-state index is 0.0273. The van der Waals surface area contributed by atoms with Crippen LogP contribution in [0.4, 0.5) is 0 Å². The number of aromatic nitrogens is 2. The van der Waals surface area contributed by atoms with Crippen LogP contribution in [0.1, 0.15) is 29.8 Å². The van der Waals surface area contributed by atoms with Gasteiger partial charge < -0.3 is 14.0 Å². The Bertz CT molecular complexity index is 1010. The van der Waals surface area contributed by atoms with Crippen molar-refractivity contribution in [2.24, 2.45) is 14.1 Å². The highest BCUT2D eigenvalue weighted by atomic mass is 16.2. The summed E-state index contributed by atoms with van der Waals surface area (Å²) >= 11 is 0. The van der Waals surface area contributed by atoms with E-state index in [1.165, 1.54) is 6.42 Å². The number of pyridine rings is 1. The van der Waals surface area contributed by atoms with Gasteiger partial charge in [0.1, 0.15) is 5.69 Å². The Labute approximate surface area is 140 Å². The fraction of sp³-hybridized carbons (Fsp3) is 0.368. The number of piperidine rings is 1. The highest BCUT2D eigenvalue weighted by Crippen LogP contribution is 2.26. The number of carbonyl (C=O) groups excluding carboxylic acids is 1. The number of benzene rings is 1. The molecule has 0 saturated carbocycles. The molecule has 2 aromatic heterocycles. The Hall–Kier alpha value is -2.56. The fourth-order valence-electron chi connectivity index (χ4n) is 3.81. The van der Waals surface area contributed by atoms with Crippen molar-refractivity contribution in [1.29, 1.82) is 0 Å². The van der Waals surface area contributed by atoms with Gasteiger partial charge in [0.05, 0.1) is 16.4 Å². The molecule has 0 bridgehead atoms. The summed E-state index contributed by atoms with van der Waals surface area (Å²) in [7, 11) is 3.66. The molecule has 0 atom stereocenters. The molecular weight excluding hydrogens is 302 g/mol. The van der Waals surface area contributed by atoms with Gasteiger partial charge in [-0.2, -0.15) is 0 Å². The smallest absolute Gasteiger partial charge is 0.270 e. The molecule has 3 aromatic rings. The van der Waals surface area contributed by atoms with E-state index in [9.17, 15) is 9.59 Å². The predicted molar refractivity (Wildman–Crippen MR) is 95.4 cm³/mol. The van der Waals surface area contributed by atoms with Crippen molar-refractivity contribution in [2.75, 3.05) is 13.1 Å². The van der Waals surface area contributed by atoms with Crippen LogP contribution in [-0.2, 0) is 14.1 Å². The Kier molecular flexibility index (Phi) is 3.44. The van der Waals surface area contributed by atoms with Gasteiger partial charge in [-0.25, -0.2) is 0 Å². The first-order chi connectivity index (χ1) is 11.6. The summed E-state index contributed by atoms with van der Waals surface area (Å²) in [6.45, 7) is 1.61. The molecular formula is C19H21N3O2. The quantitative estimate of drug-likeness (QED) is 0.691. The Morgan fingerprint density at radius 2 is 1.67 bits per heavy atom. The molecule has 1 aliphatic rings. The third-order valence-corrected chi connectivity index (χ3v) is 5.15. The number of carbonyl (C=O) groups is 1. The summed E-state index contributed by atoms with van der Waals surface area (Å²) in [4.78, 5) is 27.6. The molecule has 4 rings (SSSR count). The first-order valence-corrected chi connectivity index (χ1v) is 8.46. The molecule has 1 aliphatic heterocycles. The van der Waals surface area contributed by atoms with Crippen LogP contribution in [0.2, 0.25) is 0 Å². The molecule has 1 amide bonds. The van der Waals surface area contributed by atoms with E-state index in [1.54, 1.807) is 17.7 Å². The van der Waals surface area contributed by atoms with Crippen LogP contribution in [0.15, 0.2) is 35.1 Å². The summed E-state index contributed by atoms with van der Waals surface area (Å²) in [5.74, 6) is 0.0273. The van der Waals surface area contributed by atoms with Gasteiger partial charge in [0.15, 0.2) is 0 Å². The zero-order valence-electron chi connectivity index (χ0n) is 14.1. The number of fused-ring (bicyclic) bond motifs is 3. The normalized spacial score (nSPS) is 15.3. The first-order valence-electron chi connectivity index (χ1n) is 8.46. The second kappa shape index (κ2) is 5.51. The van der Waals surface area contributed by atoms with Crippen LogP contribution in [0.5, 0.6) is 0 Å². The lowest BCUT2D eigenvalue weighted by Gasteiger charge is -2.26. The number of rotatable bonds is 1. The number of hydrogen-bond acceptors (Lipinski definition) is 2. The lowest BCUT2D eigenvalue weighted by molar-refractivity contribution is 0.0715. The van der Waals surface area contributed by atoms with Crippen LogP contribution in [0, 0.1) is 0 Å². The second-order valence-corrected chi connectivity index (χ2v) is 6.59. The maximum atomic E-state index is 12.9. The topological polar surface area (TPSA) is 47.2 Å². The number of amides is 1. The van der Waals surface area contributed by atoms with Gasteiger partial charge in [0.2, 0.25) is 0 Å². The summed E-state index contributed by atoms with van der Waals surface area (Å²) < 4.78 is 3.54. The van der Waals surface area contributed by atoms with Crippen molar-refractivity contribution in [3.05, 3.63) is 46.4 Å². The van der Waals surface area contributed by atoms with Crippen LogP contribution in [0.25, 0.3) is 21.8 Å². The van der Waals surface area contributed by atoms with Crippen molar-refractivity contribution in [1.82, 2.24) is 14.0 Å². The van der Waals surface area contributed by atoms with Crippen molar-refractivity contribution in [3.63, 3.8) is 0 Å². The van der Waals surface area contributed by atoms with Gasteiger partial charge in [0, 0.05) is 32.6 Å². The first kappa shape index (κ1) is 15.0. The SMILES string of the molecule is Cn1c(C(=O)N2CCCCC2)cc2c(=O)n(C)c3ccccc3c21. The Morgan fingerprint density at radius 3 is 2.42 bits per heavy atom. The minimum Gasteiger partial charge on any atom is -0.339 e. The average Bonchev–Trinajstić information content (AvgIpc) is 2.97. The fourth-order valence-corrected chi connectivity index (χ4v) is 3.81. The average molecular weight is 323 g/mol. The van der Waals surface area contributed by atoms with Crippen LogP contribution in [0.3, 0.4) is 0 Å². The third kappa shape index (κ3) is 2.08. The number of hydrogen-bond donors (Lipinski definition) is 0. The van der Waals surface area contributed by atoms with E-state index in [0.29, 0.717) is 11.1 Å². The van der Waals surface area contributed by atoms with E-state index in [-0.39, 0.29) is 11.5 Å². The van der Waals surface area contributed by atoms with Crippen molar-refractivity contribution < 1.29 is 4.79 Å². The zero-order chi connectivity index (χ0) is 16.8. The summed E-state index contributed by atoms with van der Waals surface area (Å²) in [5, 5.41) is 1.61. The molecule has 0 spiro atoms. The van der Waals surface area contributed by atoms with E-state index < -0.39 is 0 Å². The van der Waals surface area contributed by atoms with Crippen molar-refractivity contribution >= 4 is 27.7 Å². The van der Waals surface area contributed by atoms with Crippen LogP contribution < -0.4 is 5.56 Å². The monoisotopic (exact) mass is 323 g/mol. The molecule has 0 N–H and O–H groups in total. The molecule has 1 aromatic carbocycles. The summed E-state index contributed by atoms with van der Waals surface area (Å²) in [5.41, 5.74) is 2.26. The standard InChI is InChI=1S/C19H21N3O2/c1-20-16(19(24)22-10-6-3-7-11-22)12-14-17(20)13-8-4-5-9-15(13)21(2)18(14)23/h4-5,8-9,12H,3,6-7,10-11H2,1-2H3. The van der Waals surface area contributed by atoms with Gasteiger partial charge in [-0.05, 0) is 31.4 Å². The molecule has 1 fully saturated rings. The van der Waals surface area contributed by atoms with E-state index in [0.717, 1.165) is 42.4 Å². The molecule has 5 heteroatoms. The van der Waals surface area contributed by atoms with Crippen molar-refractivity contribution in [2.45, 2.75) is 19.3 Å². The number of para-hydroxylation sites is 1. The molecule has 0 unspecified atom stereocenters. The van der Waals surface area contributed by atoms with Gasteiger partial charge in [0.25, 0.3) is 11.5 Å². The number of likely N-dealkylation sites (tertiary alicyclic amines) is 1. The zero-order valence-corrected chi connectivity index (χ0v) is 14.1. The highest BCUT2D eigenvalue weighted by Gasteiger charge is 2.23. The Balaban J connectivity index is 1.98. The highest BCUT2D eigenvalue weighted by molar-refractivity contribution is 6.08. The van der Waals surface area contributed by atoms with Gasteiger partial charge in [-0.15, -0.1) is 0 Å². The van der Waals surface area contributed by atoms with Gasteiger partial charge in [-0.3, -0.25) is 9.59 Å². The second-order valence-electron chi connectivity index (χ2n) is 6.59. The predicted octanol–water partition coefficient (Wildman–Crippen LogP) is 2.66. The maximum absolute atomic E-state index is 12.9. The third-order valence-electron chi connectivity index (χ3n) is 5.15. The molecule has 1 saturated heterocycles. The van der Waals surface area contributed by atoms with E-state index in [2.05, 4.69) is 0 Å². The largest absolute Gasteiger partial charge is 0.339 e. The minimum atomic E-state index is -0.0583. The van der Waals surface area contributed by atoms with E-state index in [4.69, 9.17) is 0 Å². The number of aryl methyl sites for hydroxylation is 2. The lowest BCUT2D eigenvalue weighted by atomic mass is 10.1. The molecule has 24 heavy (non-hydrogen) atoms. The summed E-state index contributed by atoms with van der Waals surface area (Å²) in [6, 6.07) is 9.60. The maximum Gasteiger partial charge on any atom is 0.270 e. The molecule has 5 nitrogen and oxygen atoms in total. The van der Waals surface area contributed by atoms with Crippen LogP contribution in [-0.4, -0.2) is 33.0 Å². The molecule has 124 valence electrons. The molecule has 3 heterocycles. The van der Waals surface area contributed by atoms with Crippen LogP contribution >= 0.6 is 0 Å². The van der Waals surface area contributed by atoms with Gasteiger partial charge >= 0.3 is 0 Å². The molecule has 0 radical (unpaired) electrons.